The van der Waals surface area contributed by atoms with Gasteiger partial charge in [-0.1, -0.05) is 29.8 Å². The summed E-state index contributed by atoms with van der Waals surface area (Å²) in [7, 11) is 0. The fraction of sp³-hybridized carbons (Fsp3) is 0.0952. The van der Waals surface area contributed by atoms with Crippen molar-refractivity contribution >= 4 is 51.1 Å². The SMILES string of the molecule is Clc1ccc(CN(Cc2ccc3nsnc3c2)c2ccc3[nH]cnc3c2)cc1. The van der Waals surface area contributed by atoms with Gasteiger partial charge in [0.05, 0.1) is 29.1 Å². The van der Waals surface area contributed by atoms with Gasteiger partial charge in [0.2, 0.25) is 0 Å². The minimum Gasteiger partial charge on any atom is -0.363 e. The van der Waals surface area contributed by atoms with E-state index in [1.807, 2.05) is 18.2 Å². The predicted octanol–water partition coefficient (Wildman–Crippen LogP) is 5.43. The third-order valence-corrected chi connectivity index (χ3v) is 5.56. The molecular weight excluding hydrogens is 390 g/mol. The number of fused-ring (bicyclic) bond motifs is 2. The highest BCUT2D eigenvalue weighted by atomic mass is 35.5. The highest BCUT2D eigenvalue weighted by Gasteiger charge is 2.11. The van der Waals surface area contributed by atoms with Crippen LogP contribution in [0.4, 0.5) is 5.69 Å². The Balaban J connectivity index is 1.51. The van der Waals surface area contributed by atoms with Crippen molar-refractivity contribution in [2.24, 2.45) is 0 Å². The van der Waals surface area contributed by atoms with E-state index in [1.54, 1.807) is 6.33 Å². The van der Waals surface area contributed by atoms with Gasteiger partial charge >= 0.3 is 0 Å². The Morgan fingerprint density at radius 2 is 1.61 bits per heavy atom. The second-order valence-electron chi connectivity index (χ2n) is 6.67. The summed E-state index contributed by atoms with van der Waals surface area (Å²) in [5.74, 6) is 0. The monoisotopic (exact) mass is 405 g/mol. The molecule has 28 heavy (non-hydrogen) atoms. The van der Waals surface area contributed by atoms with Gasteiger partial charge in [0.1, 0.15) is 11.0 Å². The zero-order chi connectivity index (χ0) is 18.9. The molecule has 5 nitrogen and oxygen atoms in total. The van der Waals surface area contributed by atoms with Crippen molar-refractivity contribution < 1.29 is 0 Å². The molecule has 3 aromatic carbocycles. The van der Waals surface area contributed by atoms with Crippen LogP contribution in [0.25, 0.3) is 22.1 Å². The molecule has 0 radical (unpaired) electrons. The first-order chi connectivity index (χ1) is 13.7. The lowest BCUT2D eigenvalue weighted by atomic mass is 10.1. The Kier molecular flexibility index (Phi) is 4.43. The van der Waals surface area contributed by atoms with Crippen molar-refractivity contribution in [2.45, 2.75) is 13.1 Å². The van der Waals surface area contributed by atoms with Crippen molar-refractivity contribution in [3.05, 3.63) is 83.1 Å². The Bertz CT molecular complexity index is 1240. The fourth-order valence-corrected chi connectivity index (χ4v) is 3.96. The number of hydrogen-bond acceptors (Lipinski definition) is 5. The summed E-state index contributed by atoms with van der Waals surface area (Å²) in [6.07, 6.45) is 1.72. The summed E-state index contributed by atoms with van der Waals surface area (Å²) < 4.78 is 8.66. The van der Waals surface area contributed by atoms with Crippen LogP contribution in [-0.2, 0) is 13.1 Å². The van der Waals surface area contributed by atoms with E-state index in [1.165, 1.54) is 22.9 Å². The molecule has 5 aromatic rings. The summed E-state index contributed by atoms with van der Waals surface area (Å²) in [4.78, 5) is 9.89. The lowest BCUT2D eigenvalue weighted by molar-refractivity contribution is 0.801. The molecule has 138 valence electrons. The molecule has 0 aliphatic heterocycles. The number of hydrogen-bond donors (Lipinski definition) is 1. The summed E-state index contributed by atoms with van der Waals surface area (Å²) in [5.41, 5.74) is 7.38. The first-order valence-electron chi connectivity index (χ1n) is 8.88. The molecule has 2 aromatic heterocycles. The third kappa shape index (κ3) is 3.44. The molecule has 0 fully saturated rings. The normalized spacial score (nSPS) is 11.3. The van der Waals surface area contributed by atoms with E-state index in [4.69, 9.17) is 11.6 Å². The molecule has 2 heterocycles. The van der Waals surface area contributed by atoms with Gasteiger partial charge in [-0.15, -0.1) is 0 Å². The zero-order valence-electron chi connectivity index (χ0n) is 14.8. The number of rotatable bonds is 5. The van der Waals surface area contributed by atoms with E-state index in [9.17, 15) is 0 Å². The van der Waals surface area contributed by atoms with Gasteiger partial charge in [-0.3, -0.25) is 0 Å². The first kappa shape index (κ1) is 17.2. The van der Waals surface area contributed by atoms with Gasteiger partial charge < -0.3 is 9.88 Å². The Morgan fingerprint density at radius 1 is 0.821 bits per heavy atom. The van der Waals surface area contributed by atoms with E-state index < -0.39 is 0 Å². The maximum Gasteiger partial charge on any atom is 0.105 e. The smallest absolute Gasteiger partial charge is 0.105 e. The number of nitrogens with zero attached hydrogens (tertiary/aromatic N) is 4. The van der Waals surface area contributed by atoms with Crippen molar-refractivity contribution in [1.82, 2.24) is 18.7 Å². The number of imidazole rings is 1. The molecule has 0 bridgehead atoms. The Hall–Kier alpha value is -2.96. The van der Waals surface area contributed by atoms with Crippen LogP contribution in [0, 0.1) is 0 Å². The van der Waals surface area contributed by atoms with Crippen molar-refractivity contribution in [3.63, 3.8) is 0 Å². The summed E-state index contributed by atoms with van der Waals surface area (Å²) in [6, 6.07) is 20.6. The quantitative estimate of drug-likeness (QED) is 0.423. The lowest BCUT2D eigenvalue weighted by Crippen LogP contribution is -2.22. The number of aromatic amines is 1. The van der Waals surface area contributed by atoms with Crippen LogP contribution in [0.1, 0.15) is 11.1 Å². The van der Waals surface area contributed by atoms with Gasteiger partial charge in [-0.2, -0.15) is 8.75 Å². The molecule has 0 atom stereocenters. The van der Waals surface area contributed by atoms with E-state index in [0.717, 1.165) is 45.9 Å². The molecule has 1 N–H and O–H groups in total. The molecular formula is C21H16ClN5S. The van der Waals surface area contributed by atoms with Crippen LogP contribution >= 0.6 is 23.3 Å². The van der Waals surface area contributed by atoms with Crippen LogP contribution in [0.5, 0.6) is 0 Å². The molecule has 7 heteroatoms. The third-order valence-electron chi connectivity index (χ3n) is 4.75. The van der Waals surface area contributed by atoms with Gasteiger partial charge in [-0.05, 0) is 53.6 Å². The van der Waals surface area contributed by atoms with Crippen LogP contribution < -0.4 is 4.90 Å². The van der Waals surface area contributed by atoms with Crippen molar-refractivity contribution in [2.75, 3.05) is 4.90 Å². The molecule has 0 saturated heterocycles. The summed E-state index contributed by atoms with van der Waals surface area (Å²) >= 11 is 7.30. The van der Waals surface area contributed by atoms with E-state index in [-0.39, 0.29) is 0 Å². The average molecular weight is 406 g/mol. The lowest BCUT2D eigenvalue weighted by Gasteiger charge is -2.25. The molecule has 0 aliphatic rings. The molecule has 0 saturated carbocycles. The topological polar surface area (TPSA) is 57.7 Å². The molecule has 0 aliphatic carbocycles. The molecule has 0 unspecified atom stereocenters. The highest BCUT2D eigenvalue weighted by Crippen LogP contribution is 2.25. The standard InChI is InChI=1S/C21H16ClN5S/c22-16-4-1-14(2-5-16)11-27(17-6-8-18-20(10-17)24-13-23-18)12-15-3-7-19-21(9-15)26-28-25-19/h1-10,13H,11-12H2,(H,23,24). The van der Waals surface area contributed by atoms with Gasteiger partial charge in [0.15, 0.2) is 0 Å². The largest absolute Gasteiger partial charge is 0.363 e. The Morgan fingerprint density at radius 3 is 2.50 bits per heavy atom. The summed E-state index contributed by atoms with van der Waals surface area (Å²) in [6.45, 7) is 1.52. The number of anilines is 1. The summed E-state index contributed by atoms with van der Waals surface area (Å²) in [5, 5.41) is 0.745. The first-order valence-corrected chi connectivity index (χ1v) is 9.99. The zero-order valence-corrected chi connectivity index (χ0v) is 16.4. The number of aromatic nitrogens is 4. The Labute approximate surface area is 170 Å². The van der Waals surface area contributed by atoms with Crippen molar-refractivity contribution in [3.8, 4) is 0 Å². The minimum atomic E-state index is 0.745. The average Bonchev–Trinajstić information content (AvgIpc) is 3.37. The van der Waals surface area contributed by atoms with Crippen LogP contribution in [0.15, 0.2) is 67.0 Å². The van der Waals surface area contributed by atoms with Crippen LogP contribution in [-0.4, -0.2) is 18.7 Å². The van der Waals surface area contributed by atoms with Crippen molar-refractivity contribution in [1.29, 1.82) is 0 Å². The van der Waals surface area contributed by atoms with Crippen LogP contribution in [0.3, 0.4) is 0 Å². The number of H-pyrrole nitrogens is 1. The number of nitrogens with one attached hydrogen (secondary N) is 1. The molecule has 0 spiro atoms. The van der Waals surface area contributed by atoms with E-state index >= 15 is 0 Å². The highest BCUT2D eigenvalue weighted by molar-refractivity contribution is 7.00. The number of benzene rings is 3. The van der Waals surface area contributed by atoms with Gasteiger partial charge in [0.25, 0.3) is 0 Å². The predicted molar refractivity (Wildman–Crippen MR) is 115 cm³/mol. The van der Waals surface area contributed by atoms with E-state index in [0.29, 0.717) is 0 Å². The second-order valence-corrected chi connectivity index (χ2v) is 7.64. The molecule has 0 amide bonds. The van der Waals surface area contributed by atoms with E-state index in [2.05, 4.69) is 66.1 Å². The maximum atomic E-state index is 6.06. The number of halogens is 1. The fourth-order valence-electron chi connectivity index (χ4n) is 3.31. The maximum absolute atomic E-state index is 6.06. The van der Waals surface area contributed by atoms with Crippen LogP contribution in [0.2, 0.25) is 5.02 Å². The van der Waals surface area contributed by atoms with Gasteiger partial charge in [0, 0.05) is 23.8 Å². The van der Waals surface area contributed by atoms with Gasteiger partial charge in [-0.25, -0.2) is 4.98 Å². The second kappa shape index (κ2) is 7.22. The minimum absolute atomic E-state index is 0.745. The molecule has 5 rings (SSSR count).